The third-order valence-corrected chi connectivity index (χ3v) is 5.58. The van der Waals surface area contributed by atoms with Crippen LogP contribution in [0.2, 0.25) is 0 Å². The van der Waals surface area contributed by atoms with Gasteiger partial charge in [0.2, 0.25) is 10.0 Å². The van der Waals surface area contributed by atoms with E-state index in [1.54, 1.807) is 0 Å². The third kappa shape index (κ3) is 4.94. The second kappa shape index (κ2) is 7.71. The molecule has 0 aliphatic carbocycles. The average molecular weight is 323 g/mol. The number of ether oxygens (including phenoxy) is 2. The molecular formula is C12H21NO7S. The standard InChI is InChI=1S/C12H21NO7S/c1-9(12(16)19-2)21(17,18)13-6-3-10(4-7-13)20-8-5-11(14)15/h9-10H,3-8H2,1-2H3,(H,14,15). The van der Waals surface area contributed by atoms with E-state index < -0.39 is 27.2 Å². The molecule has 0 aromatic heterocycles. The van der Waals surface area contributed by atoms with Gasteiger partial charge < -0.3 is 14.6 Å². The normalized spacial score (nSPS) is 19.1. The highest BCUT2D eigenvalue weighted by Crippen LogP contribution is 2.20. The summed E-state index contributed by atoms with van der Waals surface area (Å²) in [6, 6.07) is 0. The topological polar surface area (TPSA) is 110 Å². The molecule has 1 N–H and O–H groups in total. The molecule has 0 saturated carbocycles. The summed E-state index contributed by atoms with van der Waals surface area (Å²) in [4.78, 5) is 21.7. The van der Waals surface area contributed by atoms with Crippen molar-refractivity contribution in [2.75, 3.05) is 26.8 Å². The van der Waals surface area contributed by atoms with Crippen LogP contribution in [0, 0.1) is 0 Å². The number of hydrogen-bond acceptors (Lipinski definition) is 6. The maximum atomic E-state index is 12.2. The fraction of sp³-hybridized carbons (Fsp3) is 0.833. The lowest BCUT2D eigenvalue weighted by Crippen LogP contribution is -2.46. The fourth-order valence-electron chi connectivity index (χ4n) is 2.08. The van der Waals surface area contributed by atoms with E-state index in [0.29, 0.717) is 12.8 Å². The van der Waals surface area contributed by atoms with Gasteiger partial charge in [-0.05, 0) is 19.8 Å². The van der Waals surface area contributed by atoms with Crippen LogP contribution in [0.3, 0.4) is 0 Å². The average Bonchev–Trinajstić information content (AvgIpc) is 2.45. The minimum absolute atomic E-state index is 0.0715. The molecule has 1 unspecified atom stereocenters. The quantitative estimate of drug-likeness (QED) is 0.648. The summed E-state index contributed by atoms with van der Waals surface area (Å²) in [6.07, 6.45) is 0.737. The fourth-order valence-corrected chi connectivity index (χ4v) is 3.58. The van der Waals surface area contributed by atoms with Crippen LogP contribution in [0.25, 0.3) is 0 Å². The van der Waals surface area contributed by atoms with Crippen molar-refractivity contribution < 1.29 is 32.6 Å². The number of piperidine rings is 1. The van der Waals surface area contributed by atoms with Crippen LogP contribution in [0.4, 0.5) is 0 Å². The summed E-state index contributed by atoms with van der Waals surface area (Å²) >= 11 is 0. The number of rotatable bonds is 7. The molecule has 0 aromatic carbocycles. The Bertz CT molecular complexity index is 468. The molecule has 0 radical (unpaired) electrons. The van der Waals surface area contributed by atoms with Gasteiger partial charge in [0.05, 0.1) is 26.2 Å². The van der Waals surface area contributed by atoms with E-state index in [2.05, 4.69) is 4.74 Å². The molecule has 1 aliphatic rings. The molecule has 0 spiro atoms. The number of carbonyl (C=O) groups is 2. The second-order valence-corrected chi connectivity index (χ2v) is 7.08. The molecule has 21 heavy (non-hydrogen) atoms. The molecule has 0 amide bonds. The maximum Gasteiger partial charge on any atom is 0.325 e. The van der Waals surface area contributed by atoms with E-state index in [1.165, 1.54) is 11.2 Å². The number of carboxylic acid groups (broad SMARTS) is 1. The first-order valence-corrected chi connectivity index (χ1v) is 8.19. The first-order chi connectivity index (χ1) is 9.78. The highest BCUT2D eigenvalue weighted by Gasteiger charge is 2.36. The van der Waals surface area contributed by atoms with Crippen LogP contribution in [0.15, 0.2) is 0 Å². The number of esters is 1. The first kappa shape index (κ1) is 17.9. The van der Waals surface area contributed by atoms with Crippen molar-refractivity contribution >= 4 is 22.0 Å². The summed E-state index contributed by atoms with van der Waals surface area (Å²) in [5.41, 5.74) is 0. The van der Waals surface area contributed by atoms with Crippen molar-refractivity contribution in [1.82, 2.24) is 4.31 Å². The highest BCUT2D eigenvalue weighted by atomic mass is 32.2. The number of carbonyl (C=O) groups excluding carboxylic acids is 1. The van der Waals surface area contributed by atoms with Gasteiger partial charge in [-0.3, -0.25) is 9.59 Å². The van der Waals surface area contributed by atoms with Crippen molar-refractivity contribution in [3.8, 4) is 0 Å². The number of sulfonamides is 1. The molecule has 8 nitrogen and oxygen atoms in total. The van der Waals surface area contributed by atoms with Gasteiger partial charge in [0.1, 0.15) is 0 Å². The van der Waals surface area contributed by atoms with E-state index in [4.69, 9.17) is 9.84 Å². The van der Waals surface area contributed by atoms with Gasteiger partial charge in [0.15, 0.2) is 5.25 Å². The van der Waals surface area contributed by atoms with Crippen molar-refractivity contribution in [3.05, 3.63) is 0 Å². The number of aliphatic carboxylic acids is 1. The lowest BCUT2D eigenvalue weighted by atomic mass is 10.1. The van der Waals surface area contributed by atoms with E-state index in [1.807, 2.05) is 0 Å². The Balaban J connectivity index is 2.48. The van der Waals surface area contributed by atoms with Crippen LogP contribution < -0.4 is 0 Å². The van der Waals surface area contributed by atoms with Gasteiger partial charge >= 0.3 is 11.9 Å². The lowest BCUT2D eigenvalue weighted by Gasteiger charge is -2.32. The minimum Gasteiger partial charge on any atom is -0.481 e. The van der Waals surface area contributed by atoms with E-state index in [9.17, 15) is 18.0 Å². The molecule has 1 atom stereocenters. The molecule has 0 bridgehead atoms. The molecule has 1 rings (SSSR count). The van der Waals surface area contributed by atoms with Gasteiger partial charge in [-0.15, -0.1) is 0 Å². The monoisotopic (exact) mass is 323 g/mol. The van der Waals surface area contributed by atoms with E-state index in [0.717, 1.165) is 7.11 Å². The lowest BCUT2D eigenvalue weighted by molar-refractivity contribution is -0.140. The van der Waals surface area contributed by atoms with Crippen LogP contribution in [-0.4, -0.2) is 67.9 Å². The third-order valence-electron chi connectivity index (χ3n) is 3.41. The van der Waals surface area contributed by atoms with Crippen molar-refractivity contribution in [2.24, 2.45) is 0 Å². The van der Waals surface area contributed by atoms with Crippen LogP contribution in [-0.2, 0) is 29.1 Å². The predicted molar refractivity (Wildman–Crippen MR) is 73.2 cm³/mol. The van der Waals surface area contributed by atoms with Crippen molar-refractivity contribution in [3.63, 3.8) is 0 Å². The molecule has 1 fully saturated rings. The summed E-state index contributed by atoms with van der Waals surface area (Å²) in [7, 11) is -2.57. The second-order valence-electron chi connectivity index (χ2n) is 4.82. The summed E-state index contributed by atoms with van der Waals surface area (Å²) < 4.78 is 35.5. The van der Waals surface area contributed by atoms with Gasteiger partial charge in [-0.25, -0.2) is 12.7 Å². The Labute approximate surface area is 124 Å². The number of carboxylic acids is 1. The largest absolute Gasteiger partial charge is 0.481 e. The van der Waals surface area contributed by atoms with Crippen LogP contribution in [0.5, 0.6) is 0 Å². The smallest absolute Gasteiger partial charge is 0.325 e. The molecule has 1 saturated heterocycles. The van der Waals surface area contributed by atoms with Gasteiger partial charge in [-0.1, -0.05) is 0 Å². The molecule has 9 heteroatoms. The SMILES string of the molecule is COC(=O)C(C)S(=O)(=O)N1CCC(OCCC(=O)O)CC1. The Kier molecular flexibility index (Phi) is 6.56. The summed E-state index contributed by atoms with van der Waals surface area (Å²) in [6.45, 7) is 1.92. The summed E-state index contributed by atoms with van der Waals surface area (Å²) in [5.74, 6) is -1.71. The van der Waals surface area contributed by atoms with Gasteiger partial charge in [0.25, 0.3) is 0 Å². The van der Waals surface area contributed by atoms with Crippen molar-refractivity contribution in [2.45, 2.75) is 37.5 Å². The molecule has 1 heterocycles. The Morgan fingerprint density at radius 3 is 2.38 bits per heavy atom. The zero-order valence-corrected chi connectivity index (χ0v) is 13.0. The molecular weight excluding hydrogens is 302 g/mol. The zero-order valence-electron chi connectivity index (χ0n) is 12.1. The number of nitrogens with zero attached hydrogens (tertiary/aromatic N) is 1. The molecule has 0 aromatic rings. The Morgan fingerprint density at radius 1 is 1.33 bits per heavy atom. The number of hydrogen-bond donors (Lipinski definition) is 1. The molecule has 122 valence electrons. The minimum atomic E-state index is -3.72. The van der Waals surface area contributed by atoms with Crippen molar-refractivity contribution in [1.29, 1.82) is 0 Å². The van der Waals surface area contributed by atoms with E-state index >= 15 is 0 Å². The van der Waals surface area contributed by atoms with E-state index in [-0.39, 0.29) is 32.2 Å². The van der Waals surface area contributed by atoms with Crippen LogP contribution in [0.1, 0.15) is 26.2 Å². The zero-order chi connectivity index (χ0) is 16.0. The Morgan fingerprint density at radius 2 is 1.90 bits per heavy atom. The Hall–Kier alpha value is -1.19. The molecule has 1 aliphatic heterocycles. The summed E-state index contributed by atoms with van der Waals surface area (Å²) in [5, 5.41) is 7.29. The van der Waals surface area contributed by atoms with Crippen LogP contribution >= 0.6 is 0 Å². The highest BCUT2D eigenvalue weighted by molar-refractivity contribution is 7.90. The first-order valence-electron chi connectivity index (χ1n) is 6.69. The van der Waals surface area contributed by atoms with Gasteiger partial charge in [0, 0.05) is 13.1 Å². The number of methoxy groups -OCH3 is 1. The predicted octanol–water partition coefficient (Wildman–Crippen LogP) is -0.167. The van der Waals surface area contributed by atoms with Gasteiger partial charge in [-0.2, -0.15) is 0 Å². The maximum absolute atomic E-state index is 12.2.